The first kappa shape index (κ1) is 19.5. The average molecular weight is 341 g/mol. The number of unbranched alkanes of at least 4 members (excludes halogenated alkanes) is 6. The van der Waals surface area contributed by atoms with Gasteiger partial charge in [-0.2, -0.15) is 0 Å². The fourth-order valence-electron chi connectivity index (χ4n) is 3.65. The number of aryl methyl sites for hydroxylation is 2. The molecule has 0 unspecified atom stereocenters. The first-order chi connectivity index (χ1) is 12.2. The van der Waals surface area contributed by atoms with Gasteiger partial charge in [0.05, 0.1) is 5.56 Å². The van der Waals surface area contributed by atoms with Crippen molar-refractivity contribution >= 4 is 16.7 Å². The second-order valence-electron chi connectivity index (χ2n) is 7.04. The Balaban J connectivity index is 2.34. The van der Waals surface area contributed by atoms with Crippen molar-refractivity contribution < 1.29 is 9.90 Å². The maximum Gasteiger partial charge on any atom is 0.336 e. The van der Waals surface area contributed by atoms with Crippen LogP contribution in [-0.4, -0.2) is 11.1 Å². The monoisotopic (exact) mass is 340 g/mol. The maximum atomic E-state index is 11.6. The summed E-state index contributed by atoms with van der Waals surface area (Å²) in [4.78, 5) is 11.6. The Morgan fingerprint density at radius 3 is 1.96 bits per heavy atom. The summed E-state index contributed by atoms with van der Waals surface area (Å²) in [7, 11) is 0. The van der Waals surface area contributed by atoms with E-state index in [1.54, 1.807) is 6.07 Å². The normalized spacial score (nSPS) is 11.1. The molecule has 0 radical (unpaired) electrons. The molecule has 0 aromatic heterocycles. The minimum absolute atomic E-state index is 0.433. The van der Waals surface area contributed by atoms with Gasteiger partial charge in [-0.05, 0) is 53.6 Å². The smallest absolute Gasteiger partial charge is 0.336 e. The van der Waals surface area contributed by atoms with E-state index in [-0.39, 0.29) is 0 Å². The molecule has 2 aromatic carbocycles. The van der Waals surface area contributed by atoms with Crippen molar-refractivity contribution in [1.82, 2.24) is 0 Å². The van der Waals surface area contributed by atoms with Crippen molar-refractivity contribution in [2.75, 3.05) is 0 Å². The Labute approximate surface area is 152 Å². The van der Waals surface area contributed by atoms with Gasteiger partial charge in [-0.1, -0.05) is 76.6 Å². The van der Waals surface area contributed by atoms with Crippen LogP contribution in [0.5, 0.6) is 0 Å². The number of fused-ring (bicyclic) bond motifs is 1. The molecular weight excluding hydrogens is 308 g/mol. The van der Waals surface area contributed by atoms with E-state index >= 15 is 0 Å². The predicted octanol–water partition coefficient (Wildman–Crippen LogP) is 6.78. The average Bonchev–Trinajstić information content (AvgIpc) is 2.62. The second kappa shape index (κ2) is 10.2. The lowest BCUT2D eigenvalue weighted by Gasteiger charge is -2.14. The van der Waals surface area contributed by atoms with Gasteiger partial charge in [0.25, 0.3) is 0 Å². The van der Waals surface area contributed by atoms with E-state index in [0.29, 0.717) is 5.56 Å². The van der Waals surface area contributed by atoms with Gasteiger partial charge >= 0.3 is 5.97 Å². The van der Waals surface area contributed by atoms with E-state index < -0.39 is 5.97 Å². The van der Waals surface area contributed by atoms with Crippen LogP contribution in [0, 0.1) is 0 Å². The Morgan fingerprint density at radius 2 is 1.40 bits per heavy atom. The molecule has 0 atom stereocenters. The summed E-state index contributed by atoms with van der Waals surface area (Å²) < 4.78 is 0. The van der Waals surface area contributed by atoms with Crippen LogP contribution in [-0.2, 0) is 12.8 Å². The number of hydrogen-bond acceptors (Lipinski definition) is 1. The highest BCUT2D eigenvalue weighted by Crippen LogP contribution is 2.29. The van der Waals surface area contributed by atoms with Gasteiger partial charge in [0.15, 0.2) is 0 Å². The zero-order valence-electron chi connectivity index (χ0n) is 15.8. The van der Waals surface area contributed by atoms with E-state index in [1.807, 2.05) is 18.2 Å². The molecule has 0 saturated carbocycles. The van der Waals surface area contributed by atoms with Crippen LogP contribution in [0.25, 0.3) is 10.8 Å². The third-order valence-corrected chi connectivity index (χ3v) is 5.04. The Bertz CT molecular complexity index is 670. The lowest BCUT2D eigenvalue weighted by molar-refractivity contribution is 0.0699. The molecule has 0 aliphatic carbocycles. The van der Waals surface area contributed by atoms with Crippen LogP contribution >= 0.6 is 0 Å². The van der Waals surface area contributed by atoms with E-state index in [4.69, 9.17) is 0 Å². The SMILES string of the molecule is CCCCCCc1cccc2c(C(=O)O)ccc(CCCCCC)c12. The van der Waals surface area contributed by atoms with Gasteiger partial charge in [0.1, 0.15) is 0 Å². The van der Waals surface area contributed by atoms with Crippen LogP contribution in [0.15, 0.2) is 30.3 Å². The molecule has 0 amide bonds. The Kier molecular flexibility index (Phi) is 7.97. The molecule has 0 spiro atoms. The molecule has 0 aliphatic heterocycles. The Morgan fingerprint density at radius 1 is 0.800 bits per heavy atom. The van der Waals surface area contributed by atoms with Crippen LogP contribution in [0.2, 0.25) is 0 Å². The number of carbonyl (C=O) groups is 1. The summed E-state index contributed by atoms with van der Waals surface area (Å²) in [6, 6.07) is 10.0. The van der Waals surface area contributed by atoms with E-state index in [1.165, 1.54) is 67.9 Å². The zero-order chi connectivity index (χ0) is 18.1. The predicted molar refractivity (Wildman–Crippen MR) is 107 cm³/mol. The number of carboxylic acid groups (broad SMARTS) is 1. The van der Waals surface area contributed by atoms with Crippen molar-refractivity contribution in [2.24, 2.45) is 0 Å². The molecule has 0 saturated heterocycles. The van der Waals surface area contributed by atoms with Crippen LogP contribution in [0.1, 0.15) is 86.7 Å². The molecule has 0 heterocycles. The van der Waals surface area contributed by atoms with Gasteiger partial charge < -0.3 is 5.11 Å². The number of carboxylic acids is 1. The quantitative estimate of drug-likeness (QED) is 0.457. The standard InChI is InChI=1S/C23H32O2/c1-3-5-7-9-12-18-14-11-15-20-21(23(24)25)17-16-19(22(18)20)13-10-8-6-4-2/h11,14-17H,3-10,12-13H2,1-2H3,(H,24,25). The molecule has 2 rings (SSSR count). The Hall–Kier alpha value is -1.83. The molecule has 2 nitrogen and oxygen atoms in total. The lowest BCUT2D eigenvalue weighted by atomic mass is 9.90. The minimum atomic E-state index is -0.828. The lowest BCUT2D eigenvalue weighted by Crippen LogP contribution is -2.02. The van der Waals surface area contributed by atoms with E-state index in [0.717, 1.165) is 18.2 Å². The van der Waals surface area contributed by atoms with Crippen molar-refractivity contribution in [3.05, 3.63) is 47.0 Å². The van der Waals surface area contributed by atoms with Crippen molar-refractivity contribution in [3.63, 3.8) is 0 Å². The fraction of sp³-hybridized carbons (Fsp3) is 0.522. The highest BCUT2D eigenvalue weighted by Gasteiger charge is 2.14. The zero-order valence-corrected chi connectivity index (χ0v) is 15.8. The molecule has 25 heavy (non-hydrogen) atoms. The molecule has 0 aliphatic rings. The second-order valence-corrected chi connectivity index (χ2v) is 7.04. The van der Waals surface area contributed by atoms with Gasteiger partial charge in [-0.25, -0.2) is 4.79 Å². The third kappa shape index (κ3) is 5.32. The van der Waals surface area contributed by atoms with Gasteiger partial charge in [0, 0.05) is 0 Å². The molecular formula is C23H32O2. The fourth-order valence-corrected chi connectivity index (χ4v) is 3.65. The van der Waals surface area contributed by atoms with Crippen molar-refractivity contribution in [2.45, 2.75) is 78.1 Å². The van der Waals surface area contributed by atoms with Gasteiger partial charge in [0.2, 0.25) is 0 Å². The highest BCUT2D eigenvalue weighted by atomic mass is 16.4. The number of benzene rings is 2. The molecule has 0 bridgehead atoms. The maximum absolute atomic E-state index is 11.6. The number of rotatable bonds is 11. The summed E-state index contributed by atoms with van der Waals surface area (Å²) in [6.07, 6.45) is 12.0. The minimum Gasteiger partial charge on any atom is -0.478 e. The third-order valence-electron chi connectivity index (χ3n) is 5.04. The molecule has 0 fully saturated rings. The molecule has 1 N–H and O–H groups in total. The summed E-state index contributed by atoms with van der Waals surface area (Å²) >= 11 is 0. The van der Waals surface area contributed by atoms with Crippen LogP contribution in [0.3, 0.4) is 0 Å². The number of hydrogen-bond donors (Lipinski definition) is 1. The highest BCUT2D eigenvalue weighted by molar-refractivity contribution is 6.05. The molecule has 2 heteroatoms. The van der Waals surface area contributed by atoms with E-state index in [2.05, 4.69) is 19.9 Å². The van der Waals surface area contributed by atoms with Crippen molar-refractivity contribution in [3.8, 4) is 0 Å². The summed E-state index contributed by atoms with van der Waals surface area (Å²) in [5.74, 6) is -0.828. The van der Waals surface area contributed by atoms with Gasteiger partial charge in [-0.15, -0.1) is 0 Å². The summed E-state index contributed by atoms with van der Waals surface area (Å²) in [5.41, 5.74) is 3.08. The topological polar surface area (TPSA) is 37.3 Å². The van der Waals surface area contributed by atoms with Gasteiger partial charge in [-0.3, -0.25) is 0 Å². The van der Waals surface area contributed by atoms with E-state index in [9.17, 15) is 9.90 Å². The molecule has 136 valence electrons. The first-order valence-electron chi connectivity index (χ1n) is 9.95. The summed E-state index contributed by atoms with van der Waals surface area (Å²) in [5, 5.41) is 11.7. The molecule has 2 aromatic rings. The first-order valence-corrected chi connectivity index (χ1v) is 9.95. The number of aromatic carboxylic acids is 1. The largest absolute Gasteiger partial charge is 0.478 e. The van der Waals surface area contributed by atoms with Crippen molar-refractivity contribution in [1.29, 1.82) is 0 Å². The van der Waals surface area contributed by atoms with Crippen LogP contribution < -0.4 is 0 Å². The summed E-state index contributed by atoms with van der Waals surface area (Å²) in [6.45, 7) is 4.46. The van der Waals surface area contributed by atoms with Crippen LogP contribution in [0.4, 0.5) is 0 Å².